The monoisotopic (exact) mass is 734 g/mol. The van der Waals surface area contributed by atoms with Crippen LogP contribution in [0, 0.1) is 0 Å². The summed E-state index contributed by atoms with van der Waals surface area (Å²) in [5.74, 6) is -1.80. The van der Waals surface area contributed by atoms with Gasteiger partial charge in [-0.05, 0) is 25.7 Å². The van der Waals surface area contributed by atoms with Gasteiger partial charge in [-0.15, -0.1) is 0 Å². The first kappa shape index (κ1) is 52.8. The first-order valence-electron chi connectivity index (χ1n) is 21.9. The van der Waals surface area contributed by atoms with E-state index < -0.39 is 11.9 Å². The number of hydrogen-bond donors (Lipinski definition) is 0. The molecule has 0 unspecified atom stereocenters. The van der Waals surface area contributed by atoms with Crippen LogP contribution >= 0.6 is 0 Å². The van der Waals surface area contributed by atoms with Gasteiger partial charge in [0.25, 0.3) is 0 Å². The zero-order chi connectivity index (χ0) is 35.4. The van der Waals surface area contributed by atoms with E-state index in [1.54, 1.807) is 0 Å². The number of aliphatic carboxylic acids is 2. The third-order valence-electron chi connectivity index (χ3n) is 9.97. The van der Waals surface area contributed by atoms with E-state index in [2.05, 4.69) is 13.8 Å². The summed E-state index contributed by atoms with van der Waals surface area (Å²) in [6.07, 6.45) is 51.5. The Labute approximate surface area is 318 Å². The van der Waals surface area contributed by atoms with Crippen molar-refractivity contribution in [2.24, 2.45) is 0 Å². The second kappa shape index (κ2) is 49.6. The normalized spacial score (nSPS) is 10.8. The SMILES string of the molecule is CCCCCCCCCCCCCCCCCCCCCC(=O)[O-].CCCCCCCCCCCCCCCCCCCCCC(=O)[O-].[Mn+2]. The number of carbonyl (C=O) groups excluding carboxylic acids is 2. The maximum atomic E-state index is 10.3. The Morgan fingerprint density at radius 3 is 0.510 bits per heavy atom. The molecule has 5 heteroatoms. The summed E-state index contributed by atoms with van der Waals surface area (Å²) < 4.78 is 0. The van der Waals surface area contributed by atoms with Gasteiger partial charge >= 0.3 is 17.1 Å². The van der Waals surface area contributed by atoms with Crippen molar-refractivity contribution in [2.75, 3.05) is 0 Å². The number of rotatable bonds is 40. The van der Waals surface area contributed by atoms with Crippen molar-refractivity contribution in [3.05, 3.63) is 0 Å². The summed E-state index contributed by atoms with van der Waals surface area (Å²) in [6, 6.07) is 0. The van der Waals surface area contributed by atoms with Crippen LogP contribution in [0.3, 0.4) is 0 Å². The Kier molecular flexibility index (Phi) is 53.4. The van der Waals surface area contributed by atoms with Crippen LogP contribution in [0.25, 0.3) is 0 Å². The fraction of sp³-hybridized carbons (Fsp3) is 0.955. The molecule has 0 aromatic rings. The zero-order valence-corrected chi connectivity index (χ0v) is 34.5. The molecular formula is C44H86MnO4. The molecule has 0 spiro atoms. The summed E-state index contributed by atoms with van der Waals surface area (Å²) in [4.78, 5) is 20.5. The van der Waals surface area contributed by atoms with Gasteiger partial charge in [-0.3, -0.25) is 0 Å². The Bertz CT molecular complexity index is 560. The molecule has 293 valence electrons. The van der Waals surface area contributed by atoms with Crippen LogP contribution < -0.4 is 10.2 Å². The van der Waals surface area contributed by atoms with Crippen LogP contribution in [0.15, 0.2) is 0 Å². The van der Waals surface area contributed by atoms with E-state index in [1.807, 2.05) is 0 Å². The average molecular weight is 734 g/mol. The first-order chi connectivity index (χ1) is 23.5. The Balaban J connectivity index is -0.000000846. The number of carbonyl (C=O) groups is 2. The van der Waals surface area contributed by atoms with Crippen molar-refractivity contribution in [3.8, 4) is 0 Å². The molecule has 0 aliphatic carbocycles. The molecule has 0 aromatic carbocycles. The van der Waals surface area contributed by atoms with Crippen molar-refractivity contribution < 1.29 is 36.9 Å². The average Bonchev–Trinajstić information content (AvgIpc) is 3.07. The smallest absolute Gasteiger partial charge is 0.550 e. The van der Waals surface area contributed by atoms with Gasteiger partial charge < -0.3 is 19.8 Å². The van der Waals surface area contributed by atoms with Gasteiger partial charge in [0.15, 0.2) is 0 Å². The van der Waals surface area contributed by atoms with Crippen molar-refractivity contribution >= 4 is 11.9 Å². The molecular weight excluding hydrogens is 647 g/mol. The Morgan fingerprint density at radius 2 is 0.388 bits per heavy atom. The minimum atomic E-state index is -0.901. The maximum absolute atomic E-state index is 10.3. The summed E-state index contributed by atoms with van der Waals surface area (Å²) in [6.45, 7) is 4.56. The molecule has 49 heavy (non-hydrogen) atoms. The van der Waals surface area contributed by atoms with Crippen molar-refractivity contribution in [1.29, 1.82) is 0 Å². The molecule has 0 saturated carbocycles. The molecule has 0 amide bonds. The van der Waals surface area contributed by atoms with Gasteiger partial charge in [-0.2, -0.15) is 0 Å². The molecule has 0 aromatic heterocycles. The topological polar surface area (TPSA) is 80.3 Å². The number of unbranched alkanes of at least 4 members (excludes halogenated alkanes) is 36. The van der Waals surface area contributed by atoms with Gasteiger partial charge in [0.1, 0.15) is 0 Å². The van der Waals surface area contributed by atoms with E-state index in [4.69, 9.17) is 0 Å². The minimum absolute atomic E-state index is 0. The summed E-state index contributed by atoms with van der Waals surface area (Å²) >= 11 is 0. The minimum Gasteiger partial charge on any atom is -0.550 e. The van der Waals surface area contributed by atoms with Gasteiger partial charge in [-0.25, -0.2) is 0 Å². The summed E-state index contributed by atoms with van der Waals surface area (Å²) in [5, 5.41) is 20.5. The van der Waals surface area contributed by atoms with E-state index in [1.165, 1.54) is 218 Å². The van der Waals surface area contributed by atoms with Crippen LogP contribution in [0.4, 0.5) is 0 Å². The van der Waals surface area contributed by atoms with Gasteiger partial charge in [0.2, 0.25) is 0 Å². The van der Waals surface area contributed by atoms with E-state index in [9.17, 15) is 19.8 Å². The van der Waals surface area contributed by atoms with E-state index in [0.29, 0.717) is 0 Å². The molecule has 0 fully saturated rings. The van der Waals surface area contributed by atoms with Crippen LogP contribution in [-0.4, -0.2) is 11.9 Å². The molecule has 0 bridgehead atoms. The molecule has 0 rings (SSSR count). The Hall–Kier alpha value is -0.541. The van der Waals surface area contributed by atoms with E-state index in [-0.39, 0.29) is 29.9 Å². The quantitative estimate of drug-likeness (QED) is 0.0464. The number of carboxylic acid groups (broad SMARTS) is 2. The fourth-order valence-corrected chi connectivity index (χ4v) is 6.70. The standard InChI is InChI=1S/2C22H44O2.Mn/c2*1-2-3-4-5-6-7-8-9-10-11-12-13-14-15-16-17-18-19-20-21-22(23)24;/h2*2-21H2,1H3,(H,23,24);/q;;+2/p-2. The largest absolute Gasteiger partial charge is 2.00 e. The van der Waals surface area contributed by atoms with E-state index in [0.717, 1.165) is 25.7 Å². The molecule has 0 saturated heterocycles. The molecule has 0 aliphatic rings. The Morgan fingerprint density at radius 1 is 0.265 bits per heavy atom. The first-order valence-corrected chi connectivity index (χ1v) is 21.9. The molecule has 1 radical (unpaired) electrons. The molecule has 0 aliphatic heterocycles. The zero-order valence-electron chi connectivity index (χ0n) is 33.3. The second-order valence-electron chi connectivity index (χ2n) is 15.0. The van der Waals surface area contributed by atoms with E-state index >= 15 is 0 Å². The number of hydrogen-bond acceptors (Lipinski definition) is 4. The van der Waals surface area contributed by atoms with Crippen LogP contribution in [-0.2, 0) is 26.7 Å². The van der Waals surface area contributed by atoms with Crippen LogP contribution in [0.2, 0.25) is 0 Å². The third-order valence-corrected chi connectivity index (χ3v) is 9.97. The van der Waals surface area contributed by atoms with Gasteiger partial charge in [0.05, 0.1) is 0 Å². The number of carboxylic acids is 2. The fourth-order valence-electron chi connectivity index (χ4n) is 6.70. The van der Waals surface area contributed by atoms with Gasteiger partial charge in [-0.1, -0.05) is 245 Å². The summed E-state index contributed by atoms with van der Waals surface area (Å²) in [7, 11) is 0. The summed E-state index contributed by atoms with van der Waals surface area (Å²) in [5.41, 5.74) is 0. The molecule has 0 atom stereocenters. The molecule has 0 heterocycles. The predicted octanol–water partition coefficient (Wildman–Crippen LogP) is 13.1. The molecule has 0 N–H and O–H groups in total. The van der Waals surface area contributed by atoms with Crippen molar-refractivity contribution in [2.45, 2.75) is 271 Å². The van der Waals surface area contributed by atoms with Gasteiger partial charge in [0, 0.05) is 11.9 Å². The van der Waals surface area contributed by atoms with Crippen molar-refractivity contribution in [3.63, 3.8) is 0 Å². The predicted molar refractivity (Wildman–Crippen MR) is 206 cm³/mol. The second-order valence-corrected chi connectivity index (χ2v) is 15.0. The third kappa shape index (κ3) is 57.1. The molecule has 4 nitrogen and oxygen atoms in total. The van der Waals surface area contributed by atoms with Crippen molar-refractivity contribution in [1.82, 2.24) is 0 Å². The maximum Gasteiger partial charge on any atom is 2.00 e. The van der Waals surface area contributed by atoms with Crippen LogP contribution in [0.1, 0.15) is 271 Å². The van der Waals surface area contributed by atoms with Crippen LogP contribution in [0.5, 0.6) is 0 Å².